The minimum absolute atomic E-state index is 0.117. The molecule has 2 aliphatic rings. The van der Waals surface area contributed by atoms with Crippen LogP contribution in [0.25, 0.3) is 0 Å². The number of halogens is 1. The van der Waals surface area contributed by atoms with Crippen LogP contribution < -0.4 is 5.32 Å². The fraction of sp³-hybridized carbons (Fsp3) is 0.429. The minimum Gasteiger partial charge on any atom is -0.507 e. The molecule has 1 amide bonds. The maximum Gasteiger partial charge on any atom is 0.329 e. The van der Waals surface area contributed by atoms with Crippen LogP contribution in [0.1, 0.15) is 94.0 Å². The molecule has 1 fully saturated rings. The third kappa shape index (κ3) is 10.1. The molecule has 4 atom stereocenters. The van der Waals surface area contributed by atoms with Gasteiger partial charge in [-0.15, -0.1) is 23.5 Å². The Balaban J connectivity index is 1.35. The second-order valence-corrected chi connectivity index (χ2v) is 16.3. The summed E-state index contributed by atoms with van der Waals surface area (Å²) in [6, 6.07) is 8.36. The number of carbonyl (C=O) groups is 4. The molecule has 1 aliphatic carbocycles. The highest BCUT2D eigenvalue weighted by Crippen LogP contribution is 2.48. The molecule has 4 rings (SSSR count). The molecule has 0 radical (unpaired) electrons. The van der Waals surface area contributed by atoms with Crippen molar-refractivity contribution in [1.82, 2.24) is 5.32 Å². The number of amides is 1. The summed E-state index contributed by atoms with van der Waals surface area (Å²) in [4.78, 5) is 50.6. The predicted octanol–water partition coefficient (Wildman–Crippen LogP) is 7.97. The van der Waals surface area contributed by atoms with Crippen LogP contribution in [0.15, 0.2) is 54.1 Å². The van der Waals surface area contributed by atoms with Gasteiger partial charge in [-0.25, -0.2) is 4.79 Å². The largest absolute Gasteiger partial charge is 0.507 e. The lowest BCUT2D eigenvalue weighted by atomic mass is 9.89. The number of phenols is 2. The summed E-state index contributed by atoms with van der Waals surface area (Å²) in [7, 11) is 1.26. The third-order valence-corrected chi connectivity index (χ3v) is 12.7. The van der Waals surface area contributed by atoms with Crippen LogP contribution in [0, 0.1) is 0 Å². The standard InChI is InChI=1S/C35H40ClNO7S3/c1-20(2)8-15-29(24-18-28(40)31-26(38)13-14-27(39)32(31)33(24)42)46-19-25(34(43)44-3)37-30(41)7-5-4-6-23-16-17-45-35(47-23)21-9-11-22(36)12-10-21/h8-14,18,23,25,29,35,40,42H,4-7,15-17,19H2,1-3H3,(H,37,41)/t23-,25+,29-,35?/m1/s1. The van der Waals surface area contributed by atoms with Crippen molar-refractivity contribution in [3.05, 3.63) is 81.4 Å². The van der Waals surface area contributed by atoms with Crippen molar-refractivity contribution in [2.24, 2.45) is 0 Å². The number of thioether (sulfide) groups is 3. The lowest BCUT2D eigenvalue weighted by Crippen LogP contribution is -2.43. The Morgan fingerprint density at radius 1 is 1.11 bits per heavy atom. The summed E-state index contributed by atoms with van der Waals surface area (Å²) < 4.78 is 5.36. The Kier molecular flexibility index (Phi) is 13.8. The topological polar surface area (TPSA) is 130 Å². The monoisotopic (exact) mass is 717 g/mol. The van der Waals surface area contributed by atoms with Gasteiger partial charge in [0.15, 0.2) is 11.6 Å². The third-order valence-electron chi connectivity index (χ3n) is 7.91. The van der Waals surface area contributed by atoms with E-state index in [0.717, 1.165) is 47.8 Å². The Hall–Kier alpha value is -2.86. The predicted molar refractivity (Wildman–Crippen MR) is 192 cm³/mol. The number of rotatable bonds is 14. The zero-order valence-corrected chi connectivity index (χ0v) is 29.8. The molecule has 3 N–H and O–H groups in total. The average molecular weight is 718 g/mol. The Bertz CT molecular complexity index is 1540. The molecule has 0 spiro atoms. The quantitative estimate of drug-likeness (QED) is 0.0766. The molecule has 12 heteroatoms. The Morgan fingerprint density at radius 2 is 1.81 bits per heavy atom. The number of methoxy groups -OCH3 is 1. The van der Waals surface area contributed by atoms with Gasteiger partial charge in [-0.05, 0) is 81.2 Å². The van der Waals surface area contributed by atoms with Crippen LogP contribution in [-0.2, 0) is 14.3 Å². The lowest BCUT2D eigenvalue weighted by Gasteiger charge is -2.28. The van der Waals surface area contributed by atoms with Gasteiger partial charge in [-0.1, -0.05) is 41.8 Å². The number of nitrogens with one attached hydrogen (secondary N) is 1. The van der Waals surface area contributed by atoms with Gasteiger partial charge in [0.2, 0.25) is 5.91 Å². The first-order valence-electron chi connectivity index (χ1n) is 15.5. The van der Waals surface area contributed by atoms with Crippen molar-refractivity contribution >= 4 is 70.3 Å². The maximum absolute atomic E-state index is 12.9. The summed E-state index contributed by atoms with van der Waals surface area (Å²) in [6.45, 7) is 3.83. The van der Waals surface area contributed by atoms with E-state index >= 15 is 0 Å². The fourth-order valence-electron chi connectivity index (χ4n) is 5.40. The highest BCUT2D eigenvalue weighted by Gasteiger charge is 2.32. The van der Waals surface area contributed by atoms with Gasteiger partial charge >= 0.3 is 5.97 Å². The molecule has 1 saturated heterocycles. The van der Waals surface area contributed by atoms with Crippen LogP contribution in [0.4, 0.5) is 0 Å². The van der Waals surface area contributed by atoms with Crippen LogP contribution in [0.2, 0.25) is 5.02 Å². The second-order valence-electron chi connectivity index (χ2n) is 11.7. The van der Waals surface area contributed by atoms with Crippen LogP contribution in [0.5, 0.6) is 11.5 Å². The summed E-state index contributed by atoms with van der Waals surface area (Å²) in [6.07, 6.45) is 8.45. The van der Waals surface area contributed by atoms with E-state index in [2.05, 4.69) is 17.4 Å². The fourth-order valence-corrected chi connectivity index (χ4v) is 10.2. The number of benzene rings is 2. The molecule has 0 saturated carbocycles. The second kappa shape index (κ2) is 17.5. The van der Waals surface area contributed by atoms with E-state index in [9.17, 15) is 29.4 Å². The first kappa shape index (κ1) is 37.0. The SMILES string of the molecule is COC(=O)[C@H](CS[C@H](CC=C(C)C)c1cc(O)c2c(c1O)C(=O)C=CC2=O)NC(=O)CCCC[C@@H]1CCSC(c2ccc(Cl)cc2)S1. The molecule has 0 bridgehead atoms. The van der Waals surface area contributed by atoms with Gasteiger partial charge in [0.25, 0.3) is 0 Å². The van der Waals surface area contributed by atoms with E-state index in [1.165, 1.54) is 30.5 Å². The smallest absolute Gasteiger partial charge is 0.329 e. The molecule has 2 aromatic carbocycles. The number of esters is 1. The maximum atomic E-state index is 12.9. The number of fused-ring (bicyclic) bond motifs is 1. The molecular formula is C35H40ClNO7S3. The molecule has 47 heavy (non-hydrogen) atoms. The molecule has 8 nitrogen and oxygen atoms in total. The molecule has 1 heterocycles. The molecule has 2 aromatic rings. The van der Waals surface area contributed by atoms with Gasteiger partial charge < -0.3 is 20.3 Å². The number of ether oxygens (including phenoxy) is 1. The van der Waals surface area contributed by atoms with Crippen molar-refractivity contribution in [2.75, 3.05) is 18.6 Å². The van der Waals surface area contributed by atoms with E-state index in [4.69, 9.17) is 16.3 Å². The summed E-state index contributed by atoms with van der Waals surface area (Å²) in [5, 5.41) is 25.3. The summed E-state index contributed by atoms with van der Waals surface area (Å²) in [5.41, 5.74) is 2.07. The number of allylic oxidation sites excluding steroid dienone is 4. The van der Waals surface area contributed by atoms with Crippen LogP contribution in [0.3, 0.4) is 0 Å². The van der Waals surface area contributed by atoms with E-state index in [-0.39, 0.29) is 40.5 Å². The first-order chi connectivity index (χ1) is 22.5. The van der Waals surface area contributed by atoms with Crippen molar-refractivity contribution in [3.8, 4) is 11.5 Å². The van der Waals surface area contributed by atoms with E-state index in [0.29, 0.717) is 22.7 Å². The number of unbranched alkanes of at least 4 members (excludes halogenated alkanes) is 1. The zero-order chi connectivity index (χ0) is 34.1. The van der Waals surface area contributed by atoms with Crippen molar-refractivity contribution in [2.45, 2.75) is 73.5 Å². The summed E-state index contributed by atoms with van der Waals surface area (Å²) >= 11 is 11.2. The average Bonchev–Trinajstić information content (AvgIpc) is 3.05. The van der Waals surface area contributed by atoms with Crippen LogP contribution >= 0.6 is 46.9 Å². The van der Waals surface area contributed by atoms with Crippen molar-refractivity contribution in [1.29, 1.82) is 0 Å². The van der Waals surface area contributed by atoms with Crippen molar-refractivity contribution < 1.29 is 34.1 Å². The van der Waals surface area contributed by atoms with Gasteiger partial charge in [0.1, 0.15) is 17.5 Å². The van der Waals surface area contributed by atoms with E-state index < -0.39 is 34.6 Å². The zero-order valence-electron chi connectivity index (χ0n) is 26.6. The number of hydrogen-bond acceptors (Lipinski definition) is 10. The molecule has 0 aromatic heterocycles. The number of carbonyl (C=O) groups excluding carboxylic acids is 4. The molecule has 1 aliphatic heterocycles. The highest BCUT2D eigenvalue weighted by molar-refractivity contribution is 8.17. The molecule has 1 unspecified atom stereocenters. The number of aromatic hydroxyl groups is 2. The highest BCUT2D eigenvalue weighted by atomic mass is 35.5. The molecule has 252 valence electrons. The van der Waals surface area contributed by atoms with Gasteiger partial charge in [-0.2, -0.15) is 11.8 Å². The molecular weight excluding hydrogens is 678 g/mol. The van der Waals surface area contributed by atoms with E-state index in [1.807, 2.05) is 55.6 Å². The number of ketones is 2. The first-order valence-corrected chi connectivity index (χ1v) is 18.9. The van der Waals surface area contributed by atoms with Crippen LogP contribution in [-0.4, -0.2) is 63.6 Å². The Morgan fingerprint density at radius 3 is 2.49 bits per heavy atom. The Labute approximate surface area is 293 Å². The minimum atomic E-state index is -0.947. The number of hydrogen-bond donors (Lipinski definition) is 3. The van der Waals surface area contributed by atoms with Crippen molar-refractivity contribution in [3.63, 3.8) is 0 Å². The lowest BCUT2D eigenvalue weighted by molar-refractivity contribution is -0.144. The normalized spacial score (nSPS) is 18.6. The van der Waals surface area contributed by atoms with Gasteiger partial charge in [0, 0.05) is 33.3 Å². The van der Waals surface area contributed by atoms with Gasteiger partial charge in [-0.3, -0.25) is 14.4 Å². The summed E-state index contributed by atoms with van der Waals surface area (Å²) in [5.74, 6) is -1.58. The van der Waals surface area contributed by atoms with E-state index in [1.54, 1.807) is 0 Å². The van der Waals surface area contributed by atoms with Gasteiger partial charge in [0.05, 0.1) is 22.8 Å². The number of phenolic OH excluding ortho intramolecular Hbond substituents is 2.